The van der Waals surface area contributed by atoms with Crippen molar-refractivity contribution in [2.45, 2.75) is 31.2 Å². The average Bonchev–Trinajstić information content (AvgIpc) is 2.98. The van der Waals surface area contributed by atoms with Crippen LogP contribution in [0.4, 0.5) is 0 Å². The van der Waals surface area contributed by atoms with Crippen LogP contribution < -0.4 is 9.47 Å². The highest BCUT2D eigenvalue weighted by molar-refractivity contribution is 9.10. The van der Waals surface area contributed by atoms with Crippen molar-refractivity contribution in [3.63, 3.8) is 0 Å². The first-order valence-electron chi connectivity index (χ1n) is 5.94. The average molecular weight is 310 g/mol. The van der Waals surface area contributed by atoms with Crippen molar-refractivity contribution in [1.82, 2.24) is 0 Å². The predicted octanol–water partition coefficient (Wildman–Crippen LogP) is 3.28. The SMILES string of the molecule is O=C=NC1(c2c(Br)ccc3c2OCO3)CCCC1. The molecule has 2 aliphatic rings. The number of isocyanates is 1. The van der Waals surface area contributed by atoms with Gasteiger partial charge in [-0.25, -0.2) is 4.79 Å². The number of nitrogens with zero attached hydrogens (tertiary/aromatic N) is 1. The van der Waals surface area contributed by atoms with E-state index in [2.05, 4.69) is 20.9 Å². The molecular formula is C13H12BrNO3. The van der Waals surface area contributed by atoms with E-state index in [1.165, 1.54) is 0 Å². The fourth-order valence-corrected chi connectivity index (χ4v) is 3.53. The summed E-state index contributed by atoms with van der Waals surface area (Å²) in [6.45, 7) is 0.222. The fourth-order valence-electron chi connectivity index (χ4n) is 2.85. The van der Waals surface area contributed by atoms with E-state index in [1.54, 1.807) is 6.08 Å². The van der Waals surface area contributed by atoms with Gasteiger partial charge in [-0.15, -0.1) is 0 Å². The van der Waals surface area contributed by atoms with Crippen molar-refractivity contribution >= 4 is 22.0 Å². The van der Waals surface area contributed by atoms with Gasteiger partial charge in [0.25, 0.3) is 0 Å². The van der Waals surface area contributed by atoms with Crippen LogP contribution in [0.15, 0.2) is 21.6 Å². The Labute approximate surface area is 113 Å². The van der Waals surface area contributed by atoms with E-state index >= 15 is 0 Å². The number of fused-ring (bicyclic) bond motifs is 1. The highest BCUT2D eigenvalue weighted by Gasteiger charge is 2.41. The van der Waals surface area contributed by atoms with Crippen molar-refractivity contribution in [1.29, 1.82) is 0 Å². The molecule has 0 radical (unpaired) electrons. The minimum atomic E-state index is -0.500. The van der Waals surface area contributed by atoms with Crippen LogP contribution >= 0.6 is 15.9 Å². The lowest BCUT2D eigenvalue weighted by atomic mass is 9.88. The van der Waals surface area contributed by atoms with E-state index in [1.807, 2.05) is 12.1 Å². The molecule has 0 N–H and O–H groups in total. The minimum Gasteiger partial charge on any atom is -0.454 e. The Morgan fingerprint density at radius 2 is 2.06 bits per heavy atom. The fraction of sp³-hybridized carbons (Fsp3) is 0.462. The summed E-state index contributed by atoms with van der Waals surface area (Å²) in [6.07, 6.45) is 5.54. The monoisotopic (exact) mass is 309 g/mol. The van der Waals surface area contributed by atoms with Crippen LogP contribution in [0.25, 0.3) is 0 Å². The molecule has 0 atom stereocenters. The zero-order chi connectivity index (χ0) is 12.6. The Bertz CT molecular complexity index is 531. The third-order valence-electron chi connectivity index (χ3n) is 3.64. The molecule has 5 heteroatoms. The summed E-state index contributed by atoms with van der Waals surface area (Å²) in [5, 5.41) is 0. The Morgan fingerprint density at radius 3 is 2.78 bits per heavy atom. The Hall–Kier alpha value is -1.32. The van der Waals surface area contributed by atoms with Gasteiger partial charge in [0, 0.05) is 10.0 Å². The molecule has 0 unspecified atom stereocenters. The Morgan fingerprint density at radius 1 is 1.28 bits per heavy atom. The number of aliphatic imine (C=N–C) groups is 1. The zero-order valence-electron chi connectivity index (χ0n) is 9.74. The van der Waals surface area contributed by atoms with Crippen LogP contribution in [0, 0.1) is 0 Å². The van der Waals surface area contributed by atoms with Gasteiger partial charge >= 0.3 is 0 Å². The smallest absolute Gasteiger partial charge is 0.235 e. The number of ether oxygens (including phenoxy) is 2. The van der Waals surface area contributed by atoms with Crippen molar-refractivity contribution in [3.05, 3.63) is 22.2 Å². The van der Waals surface area contributed by atoms with E-state index in [0.29, 0.717) is 5.75 Å². The second-order valence-corrected chi connectivity index (χ2v) is 5.45. The Kier molecular flexibility index (Phi) is 2.88. The molecule has 94 valence electrons. The third-order valence-corrected chi connectivity index (χ3v) is 4.30. The van der Waals surface area contributed by atoms with Crippen LogP contribution in [0.2, 0.25) is 0 Å². The number of carbonyl (C=O) groups excluding carboxylic acids is 1. The van der Waals surface area contributed by atoms with Crippen molar-refractivity contribution < 1.29 is 14.3 Å². The topological polar surface area (TPSA) is 47.9 Å². The molecule has 1 fully saturated rings. The highest BCUT2D eigenvalue weighted by Crippen LogP contribution is 2.52. The largest absolute Gasteiger partial charge is 0.454 e. The molecule has 1 aliphatic heterocycles. The van der Waals surface area contributed by atoms with Crippen LogP contribution in [-0.4, -0.2) is 12.9 Å². The molecule has 1 saturated carbocycles. The second kappa shape index (κ2) is 4.41. The summed E-state index contributed by atoms with van der Waals surface area (Å²) in [4.78, 5) is 14.9. The molecule has 1 aliphatic carbocycles. The van der Waals surface area contributed by atoms with E-state index in [0.717, 1.165) is 41.5 Å². The van der Waals surface area contributed by atoms with Gasteiger partial charge in [0.1, 0.15) is 5.54 Å². The lowest BCUT2D eigenvalue weighted by Crippen LogP contribution is -2.20. The number of hydrogen-bond acceptors (Lipinski definition) is 4. The van der Waals surface area contributed by atoms with E-state index in [-0.39, 0.29) is 6.79 Å². The zero-order valence-corrected chi connectivity index (χ0v) is 11.3. The number of halogens is 1. The maximum Gasteiger partial charge on any atom is 0.235 e. The van der Waals surface area contributed by atoms with Gasteiger partial charge in [0.15, 0.2) is 11.5 Å². The predicted molar refractivity (Wildman–Crippen MR) is 68.5 cm³/mol. The van der Waals surface area contributed by atoms with Gasteiger partial charge in [-0.1, -0.05) is 28.8 Å². The second-order valence-electron chi connectivity index (χ2n) is 4.60. The number of rotatable bonds is 2. The van der Waals surface area contributed by atoms with Gasteiger partial charge in [0.05, 0.1) is 0 Å². The van der Waals surface area contributed by atoms with Crippen LogP contribution in [0.1, 0.15) is 31.2 Å². The summed E-state index contributed by atoms with van der Waals surface area (Å²) >= 11 is 3.54. The molecular weight excluding hydrogens is 298 g/mol. The Balaban J connectivity index is 2.21. The van der Waals surface area contributed by atoms with Gasteiger partial charge < -0.3 is 9.47 Å². The van der Waals surface area contributed by atoms with Gasteiger partial charge in [-0.05, 0) is 25.0 Å². The van der Waals surface area contributed by atoms with Gasteiger partial charge in [-0.2, -0.15) is 4.99 Å². The lowest BCUT2D eigenvalue weighted by Gasteiger charge is -2.25. The van der Waals surface area contributed by atoms with Crippen molar-refractivity contribution in [2.24, 2.45) is 4.99 Å². The molecule has 0 amide bonds. The molecule has 1 aromatic rings. The molecule has 3 rings (SSSR count). The summed E-state index contributed by atoms with van der Waals surface area (Å²) in [6, 6.07) is 3.78. The maximum absolute atomic E-state index is 10.8. The normalized spacial score (nSPS) is 19.6. The highest BCUT2D eigenvalue weighted by atomic mass is 79.9. The lowest BCUT2D eigenvalue weighted by molar-refractivity contribution is 0.172. The first-order chi connectivity index (χ1) is 8.77. The van der Waals surface area contributed by atoms with Crippen LogP contribution in [0.5, 0.6) is 11.5 Å². The molecule has 4 nitrogen and oxygen atoms in total. The third kappa shape index (κ3) is 1.66. The summed E-state index contributed by atoms with van der Waals surface area (Å²) < 4.78 is 11.9. The molecule has 0 saturated heterocycles. The van der Waals surface area contributed by atoms with E-state index < -0.39 is 5.54 Å². The van der Waals surface area contributed by atoms with E-state index in [9.17, 15) is 4.79 Å². The van der Waals surface area contributed by atoms with Crippen LogP contribution in [-0.2, 0) is 10.3 Å². The van der Waals surface area contributed by atoms with E-state index in [4.69, 9.17) is 9.47 Å². The molecule has 1 aromatic carbocycles. The number of benzene rings is 1. The first-order valence-corrected chi connectivity index (χ1v) is 6.74. The molecule has 0 aromatic heterocycles. The molecule has 0 bridgehead atoms. The van der Waals surface area contributed by atoms with Crippen molar-refractivity contribution in [3.8, 4) is 11.5 Å². The summed E-state index contributed by atoms with van der Waals surface area (Å²) in [7, 11) is 0. The summed E-state index contributed by atoms with van der Waals surface area (Å²) in [5.74, 6) is 1.44. The number of hydrogen-bond donors (Lipinski definition) is 0. The first kappa shape index (κ1) is 11.8. The maximum atomic E-state index is 10.8. The van der Waals surface area contributed by atoms with Gasteiger partial charge in [-0.3, -0.25) is 0 Å². The van der Waals surface area contributed by atoms with Crippen LogP contribution in [0.3, 0.4) is 0 Å². The molecule has 0 spiro atoms. The van der Waals surface area contributed by atoms with Crippen molar-refractivity contribution in [2.75, 3.05) is 6.79 Å². The quantitative estimate of drug-likeness (QED) is 0.622. The molecule has 18 heavy (non-hydrogen) atoms. The molecule has 1 heterocycles. The summed E-state index contributed by atoms with van der Waals surface area (Å²) in [5.41, 5.74) is 0.429. The van der Waals surface area contributed by atoms with Gasteiger partial charge in [0.2, 0.25) is 12.9 Å². The minimum absolute atomic E-state index is 0.222. The standard InChI is InChI=1S/C13H12BrNO3/c14-9-3-4-10-12(18-8-17-10)11(9)13(15-7-16)5-1-2-6-13/h3-4H,1-2,5-6,8H2.